The van der Waals surface area contributed by atoms with E-state index in [-0.39, 0.29) is 4.90 Å². The molecule has 0 saturated carbocycles. The third kappa shape index (κ3) is 4.15. The van der Waals surface area contributed by atoms with Crippen LogP contribution in [0.1, 0.15) is 6.92 Å². The molecule has 0 saturated heterocycles. The van der Waals surface area contributed by atoms with Crippen molar-refractivity contribution in [1.82, 2.24) is 10.2 Å². The van der Waals surface area contributed by atoms with Gasteiger partial charge < -0.3 is 4.74 Å². The molecule has 3 rings (SSSR count). The summed E-state index contributed by atoms with van der Waals surface area (Å²) < 4.78 is 45.5. The van der Waals surface area contributed by atoms with Gasteiger partial charge in [0.2, 0.25) is 5.88 Å². The molecule has 1 N–H and O–H groups in total. The summed E-state index contributed by atoms with van der Waals surface area (Å²) >= 11 is 0. The number of ether oxygens (including phenoxy) is 1. The van der Waals surface area contributed by atoms with Crippen LogP contribution in [-0.2, 0) is 10.0 Å². The average Bonchev–Trinajstić information content (AvgIpc) is 2.63. The minimum atomic E-state index is -3.82. The Kier molecular flexibility index (Phi) is 5.13. The molecule has 0 unspecified atom stereocenters. The first-order valence-electron chi connectivity index (χ1n) is 7.83. The minimum absolute atomic E-state index is 0.0230. The molecule has 26 heavy (non-hydrogen) atoms. The van der Waals surface area contributed by atoms with Crippen molar-refractivity contribution in [2.24, 2.45) is 0 Å². The zero-order valence-corrected chi connectivity index (χ0v) is 14.7. The summed E-state index contributed by atoms with van der Waals surface area (Å²) in [7, 11) is -3.82. The first-order valence-corrected chi connectivity index (χ1v) is 9.31. The number of sulfonamides is 1. The Morgan fingerprint density at radius 3 is 2.46 bits per heavy atom. The maximum Gasteiger partial charge on any atom is 0.261 e. The third-order valence-electron chi connectivity index (χ3n) is 3.47. The highest BCUT2D eigenvalue weighted by atomic mass is 32.2. The summed E-state index contributed by atoms with van der Waals surface area (Å²) in [4.78, 5) is -0.0230. The Hall–Kier alpha value is -3.00. The van der Waals surface area contributed by atoms with Gasteiger partial charge in [0.05, 0.1) is 17.2 Å². The third-order valence-corrected chi connectivity index (χ3v) is 4.86. The second-order valence-corrected chi connectivity index (χ2v) is 7.01. The van der Waals surface area contributed by atoms with Crippen molar-refractivity contribution in [2.45, 2.75) is 11.8 Å². The molecular formula is C18H16FN3O3S. The van der Waals surface area contributed by atoms with E-state index in [2.05, 4.69) is 14.9 Å². The number of benzene rings is 2. The molecule has 0 radical (unpaired) electrons. The highest BCUT2D eigenvalue weighted by molar-refractivity contribution is 7.92. The molecule has 2 aromatic carbocycles. The molecule has 0 aliphatic carbocycles. The number of aromatic nitrogens is 2. The Bertz CT molecular complexity index is 991. The normalized spacial score (nSPS) is 11.2. The predicted molar refractivity (Wildman–Crippen MR) is 95.8 cm³/mol. The molecule has 1 heterocycles. The van der Waals surface area contributed by atoms with E-state index >= 15 is 0 Å². The molecule has 3 aromatic rings. The van der Waals surface area contributed by atoms with E-state index in [1.807, 2.05) is 6.92 Å². The van der Waals surface area contributed by atoms with Gasteiger partial charge in [-0.1, -0.05) is 12.1 Å². The number of nitrogens with one attached hydrogen (secondary N) is 1. The average molecular weight is 373 g/mol. The Labute approximate surface area is 150 Å². The number of anilines is 1. The van der Waals surface area contributed by atoms with Crippen LogP contribution in [0.15, 0.2) is 65.6 Å². The van der Waals surface area contributed by atoms with E-state index < -0.39 is 15.8 Å². The van der Waals surface area contributed by atoms with Crippen LogP contribution >= 0.6 is 0 Å². The van der Waals surface area contributed by atoms with Crippen molar-refractivity contribution in [3.05, 3.63) is 66.5 Å². The summed E-state index contributed by atoms with van der Waals surface area (Å²) in [5.41, 5.74) is 1.64. The molecule has 0 spiro atoms. The van der Waals surface area contributed by atoms with Gasteiger partial charge in [0.1, 0.15) is 5.82 Å². The van der Waals surface area contributed by atoms with Crippen molar-refractivity contribution in [2.75, 3.05) is 11.3 Å². The van der Waals surface area contributed by atoms with Crippen molar-refractivity contribution >= 4 is 15.7 Å². The van der Waals surface area contributed by atoms with Gasteiger partial charge in [-0.25, -0.2) is 12.8 Å². The first-order chi connectivity index (χ1) is 12.5. The number of hydrogen-bond donors (Lipinski definition) is 1. The molecule has 134 valence electrons. The van der Waals surface area contributed by atoms with E-state index in [9.17, 15) is 12.8 Å². The number of hydrogen-bond acceptors (Lipinski definition) is 5. The second-order valence-electron chi connectivity index (χ2n) is 5.33. The van der Waals surface area contributed by atoms with Crippen LogP contribution in [0.4, 0.5) is 10.1 Å². The van der Waals surface area contributed by atoms with Gasteiger partial charge in [-0.05, 0) is 49.4 Å². The summed E-state index contributed by atoms with van der Waals surface area (Å²) in [5.74, 6) is -0.0792. The van der Waals surface area contributed by atoms with E-state index in [0.717, 1.165) is 12.1 Å². The molecule has 0 bridgehead atoms. The lowest BCUT2D eigenvalue weighted by Gasteiger charge is -2.09. The van der Waals surface area contributed by atoms with Gasteiger partial charge in [0.25, 0.3) is 10.0 Å². The standard InChI is InChI=1S/C18H16FN3O3S/c1-2-25-18-11-10-17(20-21-18)13-4-3-5-15(12-13)22-26(23,24)16-8-6-14(19)7-9-16/h3-12,22H,2H2,1H3. The Morgan fingerprint density at radius 2 is 1.81 bits per heavy atom. The maximum atomic E-state index is 13.0. The summed E-state index contributed by atoms with van der Waals surface area (Å²) in [6.07, 6.45) is 0. The largest absolute Gasteiger partial charge is 0.477 e. The smallest absolute Gasteiger partial charge is 0.261 e. The summed E-state index contributed by atoms with van der Waals surface area (Å²) in [6, 6.07) is 14.8. The van der Waals surface area contributed by atoms with Gasteiger partial charge in [0.15, 0.2) is 0 Å². The number of rotatable bonds is 6. The van der Waals surface area contributed by atoms with Crippen LogP contribution in [0.2, 0.25) is 0 Å². The van der Waals surface area contributed by atoms with Crippen molar-refractivity contribution in [3.8, 4) is 17.1 Å². The first kappa shape index (κ1) is 17.8. The minimum Gasteiger partial charge on any atom is -0.477 e. The lowest BCUT2D eigenvalue weighted by atomic mass is 10.1. The molecule has 6 nitrogen and oxygen atoms in total. The van der Waals surface area contributed by atoms with Gasteiger partial charge in [-0.3, -0.25) is 4.72 Å². The molecular weight excluding hydrogens is 357 g/mol. The van der Waals surface area contributed by atoms with E-state index in [0.29, 0.717) is 29.4 Å². The van der Waals surface area contributed by atoms with Gasteiger partial charge in [0, 0.05) is 17.3 Å². The van der Waals surface area contributed by atoms with Crippen molar-refractivity contribution in [1.29, 1.82) is 0 Å². The molecule has 8 heteroatoms. The van der Waals surface area contributed by atoms with Gasteiger partial charge in [-0.2, -0.15) is 0 Å². The Morgan fingerprint density at radius 1 is 1.04 bits per heavy atom. The zero-order valence-electron chi connectivity index (χ0n) is 13.9. The van der Waals surface area contributed by atoms with Gasteiger partial charge in [-0.15, -0.1) is 10.2 Å². The molecule has 1 aromatic heterocycles. The van der Waals surface area contributed by atoms with Crippen LogP contribution in [0.5, 0.6) is 5.88 Å². The quantitative estimate of drug-likeness (QED) is 0.715. The lowest BCUT2D eigenvalue weighted by molar-refractivity contribution is 0.323. The highest BCUT2D eigenvalue weighted by Gasteiger charge is 2.14. The fourth-order valence-corrected chi connectivity index (χ4v) is 3.32. The Balaban J connectivity index is 1.84. The molecule has 0 aliphatic rings. The maximum absolute atomic E-state index is 13.0. The highest BCUT2D eigenvalue weighted by Crippen LogP contribution is 2.23. The van der Waals surface area contributed by atoms with Gasteiger partial charge >= 0.3 is 0 Å². The van der Waals surface area contributed by atoms with E-state index in [4.69, 9.17) is 4.74 Å². The van der Waals surface area contributed by atoms with Crippen LogP contribution in [0, 0.1) is 5.82 Å². The zero-order chi connectivity index (χ0) is 18.6. The lowest BCUT2D eigenvalue weighted by Crippen LogP contribution is -2.12. The van der Waals surface area contributed by atoms with Crippen LogP contribution in [-0.4, -0.2) is 25.2 Å². The topological polar surface area (TPSA) is 81.2 Å². The van der Waals surface area contributed by atoms with Crippen molar-refractivity contribution in [3.63, 3.8) is 0 Å². The molecule has 0 fully saturated rings. The van der Waals surface area contributed by atoms with Crippen LogP contribution in [0.3, 0.4) is 0 Å². The summed E-state index contributed by atoms with van der Waals surface area (Å²) in [5, 5.41) is 8.04. The molecule has 0 atom stereocenters. The fraction of sp³-hybridized carbons (Fsp3) is 0.111. The predicted octanol–water partition coefficient (Wildman–Crippen LogP) is 3.48. The second kappa shape index (κ2) is 7.49. The number of halogens is 1. The van der Waals surface area contributed by atoms with E-state index in [1.54, 1.807) is 36.4 Å². The number of nitrogens with zero attached hydrogens (tertiary/aromatic N) is 2. The van der Waals surface area contributed by atoms with Crippen LogP contribution < -0.4 is 9.46 Å². The molecule has 0 amide bonds. The van der Waals surface area contributed by atoms with Crippen LogP contribution in [0.25, 0.3) is 11.3 Å². The van der Waals surface area contributed by atoms with Crippen molar-refractivity contribution < 1.29 is 17.5 Å². The monoisotopic (exact) mass is 373 g/mol. The summed E-state index contributed by atoms with van der Waals surface area (Å²) in [6.45, 7) is 2.35. The molecule has 0 aliphatic heterocycles. The fourth-order valence-electron chi connectivity index (χ4n) is 2.27. The van der Waals surface area contributed by atoms with E-state index in [1.165, 1.54) is 12.1 Å². The SMILES string of the molecule is CCOc1ccc(-c2cccc(NS(=O)(=O)c3ccc(F)cc3)c2)nn1.